The standard InChI is InChI=1S/C14H30N2O.CH4/c1-12(2)11-16-8-5-14(6-9-16)17-10-7-15-13(3)4;/h12-15H,5-11H2,1-4H3;1H4. The molecule has 0 aromatic carbocycles. The van der Waals surface area contributed by atoms with E-state index in [0.29, 0.717) is 12.1 Å². The zero-order valence-corrected chi connectivity index (χ0v) is 12.0. The van der Waals surface area contributed by atoms with E-state index in [1.165, 1.54) is 32.5 Å². The quantitative estimate of drug-likeness (QED) is 0.711. The van der Waals surface area contributed by atoms with E-state index in [-0.39, 0.29) is 7.43 Å². The lowest BCUT2D eigenvalue weighted by Crippen LogP contribution is -2.39. The molecular weight excluding hydrogens is 224 g/mol. The highest BCUT2D eigenvalue weighted by atomic mass is 16.5. The van der Waals surface area contributed by atoms with E-state index < -0.39 is 0 Å². The maximum absolute atomic E-state index is 5.90. The molecule has 0 spiro atoms. The molecule has 0 aromatic rings. The highest BCUT2D eigenvalue weighted by molar-refractivity contribution is 4.73. The molecule has 1 saturated heterocycles. The summed E-state index contributed by atoms with van der Waals surface area (Å²) in [5.41, 5.74) is 0. The van der Waals surface area contributed by atoms with Crippen LogP contribution in [0.25, 0.3) is 0 Å². The van der Waals surface area contributed by atoms with Crippen LogP contribution in [-0.4, -0.2) is 49.8 Å². The first-order valence-electron chi connectivity index (χ1n) is 7.15. The second-order valence-corrected chi connectivity index (χ2v) is 5.87. The van der Waals surface area contributed by atoms with Gasteiger partial charge in [-0.25, -0.2) is 0 Å². The molecule has 110 valence electrons. The highest BCUT2D eigenvalue weighted by Gasteiger charge is 2.19. The fraction of sp³-hybridized carbons (Fsp3) is 1.00. The van der Waals surface area contributed by atoms with Gasteiger partial charge in [0.05, 0.1) is 12.7 Å². The van der Waals surface area contributed by atoms with Crippen molar-refractivity contribution < 1.29 is 4.74 Å². The van der Waals surface area contributed by atoms with Crippen LogP contribution >= 0.6 is 0 Å². The van der Waals surface area contributed by atoms with E-state index >= 15 is 0 Å². The van der Waals surface area contributed by atoms with Crippen molar-refractivity contribution in [3.8, 4) is 0 Å². The average molecular weight is 258 g/mol. The molecule has 1 aliphatic heterocycles. The Bertz CT molecular complexity index is 184. The third-order valence-electron chi connectivity index (χ3n) is 3.17. The number of hydrogen-bond acceptors (Lipinski definition) is 3. The van der Waals surface area contributed by atoms with Crippen LogP contribution in [0.2, 0.25) is 0 Å². The van der Waals surface area contributed by atoms with Crippen molar-refractivity contribution in [2.45, 2.75) is 60.1 Å². The molecule has 0 unspecified atom stereocenters. The largest absolute Gasteiger partial charge is 0.377 e. The highest BCUT2D eigenvalue weighted by Crippen LogP contribution is 2.14. The molecule has 0 radical (unpaired) electrons. The summed E-state index contributed by atoms with van der Waals surface area (Å²) in [6.07, 6.45) is 2.90. The Morgan fingerprint density at radius 3 is 2.28 bits per heavy atom. The van der Waals surface area contributed by atoms with Crippen LogP contribution in [0.5, 0.6) is 0 Å². The Hall–Kier alpha value is -0.120. The molecule has 1 heterocycles. The Morgan fingerprint density at radius 1 is 1.17 bits per heavy atom. The van der Waals surface area contributed by atoms with E-state index in [1.807, 2.05) is 0 Å². The van der Waals surface area contributed by atoms with Crippen molar-refractivity contribution >= 4 is 0 Å². The molecule has 1 rings (SSSR count). The van der Waals surface area contributed by atoms with Gasteiger partial charge in [-0.15, -0.1) is 0 Å². The second kappa shape index (κ2) is 9.76. The van der Waals surface area contributed by atoms with Gasteiger partial charge in [0.25, 0.3) is 0 Å². The summed E-state index contributed by atoms with van der Waals surface area (Å²) in [6, 6.07) is 0.562. The van der Waals surface area contributed by atoms with Gasteiger partial charge in [-0.1, -0.05) is 35.1 Å². The van der Waals surface area contributed by atoms with Crippen LogP contribution in [0.4, 0.5) is 0 Å². The minimum atomic E-state index is 0. The molecule has 3 nitrogen and oxygen atoms in total. The van der Waals surface area contributed by atoms with Crippen molar-refractivity contribution in [3.63, 3.8) is 0 Å². The number of likely N-dealkylation sites (tertiary alicyclic amines) is 1. The van der Waals surface area contributed by atoms with Gasteiger partial charge in [-0.2, -0.15) is 0 Å². The van der Waals surface area contributed by atoms with E-state index in [0.717, 1.165) is 19.1 Å². The lowest BCUT2D eigenvalue weighted by molar-refractivity contribution is 0.00665. The fourth-order valence-electron chi connectivity index (χ4n) is 2.35. The monoisotopic (exact) mass is 258 g/mol. The maximum atomic E-state index is 5.90. The Labute approximate surface area is 114 Å². The van der Waals surface area contributed by atoms with Crippen molar-refractivity contribution in [3.05, 3.63) is 0 Å². The van der Waals surface area contributed by atoms with Crippen molar-refractivity contribution in [2.75, 3.05) is 32.8 Å². The van der Waals surface area contributed by atoms with Gasteiger partial charge >= 0.3 is 0 Å². The molecule has 3 heteroatoms. The molecule has 1 fully saturated rings. The zero-order chi connectivity index (χ0) is 12.7. The van der Waals surface area contributed by atoms with Crippen LogP contribution in [0.3, 0.4) is 0 Å². The Balaban J connectivity index is 0.00000289. The molecule has 0 bridgehead atoms. The maximum Gasteiger partial charge on any atom is 0.0600 e. The van der Waals surface area contributed by atoms with Gasteiger partial charge in [0.15, 0.2) is 0 Å². The second-order valence-electron chi connectivity index (χ2n) is 5.87. The lowest BCUT2D eigenvalue weighted by Gasteiger charge is -2.32. The number of ether oxygens (including phenoxy) is 1. The van der Waals surface area contributed by atoms with Crippen LogP contribution < -0.4 is 5.32 Å². The van der Waals surface area contributed by atoms with Gasteiger partial charge in [-0.3, -0.25) is 0 Å². The first-order valence-corrected chi connectivity index (χ1v) is 7.15. The van der Waals surface area contributed by atoms with Crippen LogP contribution in [-0.2, 0) is 4.74 Å². The average Bonchev–Trinajstić information content (AvgIpc) is 2.25. The first-order chi connectivity index (χ1) is 8.08. The van der Waals surface area contributed by atoms with Crippen molar-refractivity contribution in [1.29, 1.82) is 0 Å². The van der Waals surface area contributed by atoms with Crippen LogP contribution in [0.1, 0.15) is 48.0 Å². The predicted octanol–water partition coefficient (Wildman–Crippen LogP) is 2.76. The SMILES string of the molecule is C.CC(C)CN1CCC(OCCNC(C)C)CC1. The third-order valence-corrected chi connectivity index (χ3v) is 3.17. The zero-order valence-electron chi connectivity index (χ0n) is 12.0. The summed E-state index contributed by atoms with van der Waals surface area (Å²) < 4.78 is 5.90. The number of rotatable bonds is 7. The van der Waals surface area contributed by atoms with Gasteiger partial charge in [0.1, 0.15) is 0 Å². The van der Waals surface area contributed by atoms with Gasteiger partial charge in [0, 0.05) is 32.2 Å². The van der Waals surface area contributed by atoms with E-state index in [4.69, 9.17) is 4.74 Å². The normalized spacial score (nSPS) is 18.3. The van der Waals surface area contributed by atoms with E-state index in [1.54, 1.807) is 0 Å². The number of nitrogens with one attached hydrogen (secondary N) is 1. The van der Waals surface area contributed by atoms with E-state index in [2.05, 4.69) is 37.9 Å². The molecule has 0 aliphatic carbocycles. The van der Waals surface area contributed by atoms with Gasteiger partial charge in [0.2, 0.25) is 0 Å². The summed E-state index contributed by atoms with van der Waals surface area (Å²) in [5, 5.41) is 3.38. The van der Waals surface area contributed by atoms with Gasteiger partial charge < -0.3 is 15.0 Å². The number of piperidine rings is 1. The van der Waals surface area contributed by atoms with Crippen molar-refractivity contribution in [2.24, 2.45) is 5.92 Å². The lowest BCUT2D eigenvalue weighted by atomic mass is 10.1. The summed E-state index contributed by atoms with van der Waals surface area (Å²) in [6.45, 7) is 14.4. The smallest absolute Gasteiger partial charge is 0.0600 e. The third kappa shape index (κ3) is 8.06. The van der Waals surface area contributed by atoms with Crippen LogP contribution in [0.15, 0.2) is 0 Å². The molecule has 1 N–H and O–H groups in total. The molecule has 0 amide bonds. The minimum absolute atomic E-state index is 0. The molecule has 0 aromatic heterocycles. The number of nitrogens with zero attached hydrogens (tertiary/aromatic N) is 1. The predicted molar refractivity (Wildman–Crippen MR) is 80.1 cm³/mol. The van der Waals surface area contributed by atoms with E-state index in [9.17, 15) is 0 Å². The topological polar surface area (TPSA) is 24.5 Å². The first kappa shape index (κ1) is 17.9. The summed E-state index contributed by atoms with van der Waals surface area (Å²) in [4.78, 5) is 2.57. The fourth-order valence-corrected chi connectivity index (χ4v) is 2.35. The molecule has 0 atom stereocenters. The van der Waals surface area contributed by atoms with Gasteiger partial charge in [-0.05, 0) is 18.8 Å². The minimum Gasteiger partial charge on any atom is -0.377 e. The molecule has 18 heavy (non-hydrogen) atoms. The Morgan fingerprint density at radius 2 is 1.78 bits per heavy atom. The molecule has 0 saturated carbocycles. The summed E-state index contributed by atoms with van der Waals surface area (Å²) in [5.74, 6) is 0.780. The summed E-state index contributed by atoms with van der Waals surface area (Å²) >= 11 is 0. The molecular formula is C15H34N2O. The Kier molecular flexibility index (Phi) is 9.70. The molecule has 1 aliphatic rings. The summed E-state index contributed by atoms with van der Waals surface area (Å²) in [7, 11) is 0. The van der Waals surface area contributed by atoms with Crippen molar-refractivity contribution in [1.82, 2.24) is 10.2 Å². The number of hydrogen-bond donors (Lipinski definition) is 1. The van der Waals surface area contributed by atoms with Crippen LogP contribution in [0, 0.1) is 5.92 Å².